The fraction of sp³-hybridized carbons (Fsp3) is 0.208. The van der Waals surface area contributed by atoms with Gasteiger partial charge in [0, 0.05) is 16.7 Å². The fourth-order valence-corrected chi connectivity index (χ4v) is 3.48. The van der Waals surface area contributed by atoms with Gasteiger partial charge in [0.15, 0.2) is 18.1 Å². The summed E-state index contributed by atoms with van der Waals surface area (Å²) < 4.78 is 12.0. The smallest absolute Gasteiger partial charge is 0.329 e. The van der Waals surface area contributed by atoms with Crippen LogP contribution in [0.5, 0.6) is 11.5 Å². The first-order valence-electron chi connectivity index (χ1n) is 10.2. The van der Waals surface area contributed by atoms with Crippen LogP contribution in [0, 0.1) is 6.92 Å². The summed E-state index contributed by atoms with van der Waals surface area (Å²) in [5, 5.41) is 5.33. The number of benzene rings is 2. The Kier molecular flexibility index (Phi) is 7.89. The number of nitrogens with one attached hydrogen (secondary N) is 2. The van der Waals surface area contributed by atoms with Gasteiger partial charge >= 0.3 is 6.03 Å². The molecule has 4 amide bonds. The number of amides is 4. The van der Waals surface area contributed by atoms with E-state index in [-0.39, 0.29) is 24.8 Å². The number of carbonyl (C=O) groups excluding carboxylic acids is 3. The van der Waals surface area contributed by atoms with Gasteiger partial charge in [0.2, 0.25) is 0 Å². The molecule has 8 nitrogen and oxygen atoms in total. The van der Waals surface area contributed by atoms with Gasteiger partial charge < -0.3 is 20.1 Å². The van der Waals surface area contributed by atoms with Gasteiger partial charge in [0.05, 0.1) is 6.61 Å². The number of hydrogen-bond acceptors (Lipinski definition) is 5. The van der Waals surface area contributed by atoms with E-state index in [1.165, 1.54) is 6.08 Å². The van der Waals surface area contributed by atoms with Gasteiger partial charge in [-0.1, -0.05) is 39.7 Å². The van der Waals surface area contributed by atoms with Crippen molar-refractivity contribution in [2.75, 3.05) is 25.1 Å². The van der Waals surface area contributed by atoms with E-state index >= 15 is 0 Å². The van der Waals surface area contributed by atoms with Crippen molar-refractivity contribution in [2.24, 2.45) is 0 Å². The zero-order chi connectivity index (χ0) is 24.0. The minimum Gasteiger partial charge on any atom is -0.490 e. The Balaban J connectivity index is 1.76. The zero-order valence-corrected chi connectivity index (χ0v) is 19.9. The monoisotopic (exact) mass is 513 g/mol. The minimum atomic E-state index is -0.508. The number of hydrogen-bond donors (Lipinski definition) is 2. The van der Waals surface area contributed by atoms with Gasteiger partial charge in [-0.2, -0.15) is 0 Å². The second-order valence-corrected chi connectivity index (χ2v) is 8.00. The molecule has 1 aliphatic rings. The molecular formula is C24H24BrN3O5. The van der Waals surface area contributed by atoms with Crippen LogP contribution in [-0.2, 0) is 9.59 Å². The third kappa shape index (κ3) is 6.01. The molecule has 0 unspecified atom stereocenters. The number of carbonyl (C=O) groups is 3. The number of urea groups is 1. The highest BCUT2D eigenvalue weighted by Crippen LogP contribution is 2.35. The number of anilines is 1. The number of nitrogens with zero attached hydrogens (tertiary/aromatic N) is 1. The van der Waals surface area contributed by atoms with E-state index in [0.29, 0.717) is 33.8 Å². The lowest BCUT2D eigenvalue weighted by Gasteiger charge is -2.14. The Morgan fingerprint density at radius 2 is 1.88 bits per heavy atom. The molecule has 9 heteroatoms. The fourth-order valence-electron chi connectivity index (χ4n) is 3.04. The van der Waals surface area contributed by atoms with Gasteiger partial charge in [-0.05, 0) is 49.8 Å². The maximum absolute atomic E-state index is 12.5. The quantitative estimate of drug-likeness (QED) is 0.296. The summed E-state index contributed by atoms with van der Waals surface area (Å²) >= 11 is 3.45. The Labute approximate surface area is 200 Å². The van der Waals surface area contributed by atoms with E-state index < -0.39 is 11.9 Å². The van der Waals surface area contributed by atoms with Gasteiger partial charge in [0.1, 0.15) is 5.70 Å². The zero-order valence-electron chi connectivity index (χ0n) is 18.3. The van der Waals surface area contributed by atoms with E-state index in [1.54, 1.807) is 18.2 Å². The highest BCUT2D eigenvalue weighted by Gasteiger charge is 2.32. The SMILES string of the molecule is C=CCN1C(=O)N/C(=C/c2cc(OCC)c(OCC(=O)Nc3ccc(C)cc3)cc2Br)C1=O. The normalized spacial score (nSPS) is 14.3. The molecule has 0 atom stereocenters. The molecule has 172 valence electrons. The summed E-state index contributed by atoms with van der Waals surface area (Å²) in [7, 11) is 0. The second kappa shape index (κ2) is 10.8. The Morgan fingerprint density at radius 1 is 1.18 bits per heavy atom. The van der Waals surface area contributed by atoms with Gasteiger partial charge in [-0.25, -0.2) is 4.79 Å². The van der Waals surface area contributed by atoms with E-state index in [9.17, 15) is 14.4 Å². The third-order valence-corrected chi connectivity index (χ3v) is 5.32. The first-order chi connectivity index (χ1) is 15.8. The van der Waals surface area contributed by atoms with Crippen LogP contribution in [0.2, 0.25) is 0 Å². The van der Waals surface area contributed by atoms with Crippen LogP contribution in [0.1, 0.15) is 18.1 Å². The first kappa shape index (κ1) is 24.1. The maximum Gasteiger partial charge on any atom is 0.329 e. The molecule has 0 radical (unpaired) electrons. The van der Waals surface area contributed by atoms with Gasteiger partial charge in [-0.15, -0.1) is 6.58 Å². The molecule has 0 saturated carbocycles. The van der Waals surface area contributed by atoms with Gasteiger partial charge in [-0.3, -0.25) is 14.5 Å². The molecular weight excluding hydrogens is 490 g/mol. The number of imide groups is 1. The predicted octanol–water partition coefficient (Wildman–Crippen LogP) is 4.25. The Bertz CT molecular complexity index is 1110. The summed E-state index contributed by atoms with van der Waals surface area (Å²) in [5.74, 6) is -0.00142. The van der Waals surface area contributed by atoms with Crippen molar-refractivity contribution in [1.82, 2.24) is 10.2 Å². The van der Waals surface area contributed by atoms with Crippen molar-refractivity contribution in [3.63, 3.8) is 0 Å². The number of ether oxygens (including phenoxy) is 2. The van der Waals surface area contributed by atoms with Crippen LogP contribution in [0.3, 0.4) is 0 Å². The molecule has 0 spiro atoms. The summed E-state index contributed by atoms with van der Waals surface area (Å²) in [4.78, 5) is 37.8. The molecule has 2 aromatic carbocycles. The summed E-state index contributed by atoms with van der Waals surface area (Å²) in [6.07, 6.45) is 3.02. The third-order valence-electron chi connectivity index (χ3n) is 4.63. The van der Waals surface area contributed by atoms with Crippen molar-refractivity contribution in [2.45, 2.75) is 13.8 Å². The topological polar surface area (TPSA) is 97.0 Å². The van der Waals surface area contributed by atoms with Crippen molar-refractivity contribution in [3.05, 3.63) is 70.3 Å². The highest BCUT2D eigenvalue weighted by atomic mass is 79.9. The maximum atomic E-state index is 12.5. The van der Waals surface area contributed by atoms with Crippen molar-refractivity contribution >= 4 is 45.5 Å². The molecule has 1 saturated heterocycles. The summed E-state index contributed by atoms with van der Waals surface area (Å²) in [5.41, 5.74) is 2.50. The number of halogens is 1. The minimum absolute atomic E-state index is 0.116. The highest BCUT2D eigenvalue weighted by molar-refractivity contribution is 9.10. The van der Waals surface area contributed by atoms with Crippen molar-refractivity contribution in [3.8, 4) is 11.5 Å². The van der Waals surface area contributed by atoms with Crippen LogP contribution < -0.4 is 20.1 Å². The van der Waals surface area contributed by atoms with Crippen LogP contribution in [0.4, 0.5) is 10.5 Å². The van der Waals surface area contributed by atoms with E-state index in [1.807, 2.05) is 38.1 Å². The van der Waals surface area contributed by atoms with E-state index in [2.05, 4.69) is 33.1 Å². The molecule has 1 fully saturated rings. The number of aryl methyl sites for hydroxylation is 1. The number of rotatable bonds is 9. The molecule has 2 N–H and O–H groups in total. The first-order valence-corrected chi connectivity index (χ1v) is 11.0. The molecule has 0 aliphatic carbocycles. The van der Waals surface area contributed by atoms with Crippen LogP contribution in [0.15, 0.2) is 59.2 Å². The molecule has 1 aliphatic heterocycles. The average Bonchev–Trinajstić information content (AvgIpc) is 3.04. The molecule has 2 aromatic rings. The second-order valence-electron chi connectivity index (χ2n) is 7.15. The summed E-state index contributed by atoms with van der Waals surface area (Å²) in [6.45, 7) is 7.61. The molecule has 3 rings (SSSR count). The molecule has 33 heavy (non-hydrogen) atoms. The Hall–Kier alpha value is -3.59. The molecule has 1 heterocycles. The van der Waals surface area contributed by atoms with Crippen molar-refractivity contribution in [1.29, 1.82) is 0 Å². The largest absolute Gasteiger partial charge is 0.490 e. The van der Waals surface area contributed by atoms with Crippen LogP contribution in [-0.4, -0.2) is 42.5 Å². The molecule has 0 bridgehead atoms. The average molecular weight is 514 g/mol. The van der Waals surface area contributed by atoms with Crippen molar-refractivity contribution < 1.29 is 23.9 Å². The van der Waals surface area contributed by atoms with Gasteiger partial charge in [0.25, 0.3) is 11.8 Å². The van der Waals surface area contributed by atoms with E-state index in [0.717, 1.165) is 10.5 Å². The van der Waals surface area contributed by atoms with Crippen LogP contribution >= 0.6 is 15.9 Å². The lowest BCUT2D eigenvalue weighted by Crippen LogP contribution is -2.30. The lowest BCUT2D eigenvalue weighted by molar-refractivity contribution is -0.122. The Morgan fingerprint density at radius 3 is 2.55 bits per heavy atom. The summed E-state index contributed by atoms with van der Waals surface area (Å²) in [6, 6.07) is 10.3. The predicted molar refractivity (Wildman–Crippen MR) is 129 cm³/mol. The standard InChI is InChI=1S/C24H24BrN3O5/c1-4-10-28-23(30)19(27-24(28)31)11-16-12-20(32-5-2)21(13-18(16)25)33-14-22(29)26-17-8-6-15(3)7-9-17/h4,6-9,11-13H,1,5,10,14H2,2-3H3,(H,26,29)(H,27,31)/b19-11+. The van der Waals surface area contributed by atoms with Crippen LogP contribution in [0.25, 0.3) is 6.08 Å². The van der Waals surface area contributed by atoms with E-state index in [4.69, 9.17) is 9.47 Å². The molecule has 0 aromatic heterocycles. The lowest BCUT2D eigenvalue weighted by atomic mass is 10.1.